The van der Waals surface area contributed by atoms with E-state index in [1.165, 1.54) is 18.4 Å². The predicted molar refractivity (Wildman–Crippen MR) is 101 cm³/mol. The van der Waals surface area contributed by atoms with Gasteiger partial charge in [0.05, 0.1) is 32.3 Å². The fraction of sp³-hybridized carbons (Fsp3) is 0.250. The zero-order valence-corrected chi connectivity index (χ0v) is 15.6. The highest BCUT2D eigenvalue weighted by Gasteiger charge is 2.17. The quantitative estimate of drug-likeness (QED) is 0.597. The van der Waals surface area contributed by atoms with Gasteiger partial charge >= 0.3 is 5.97 Å². The number of methoxy groups -OCH3 is 1. The Morgan fingerprint density at radius 1 is 1.19 bits per heavy atom. The van der Waals surface area contributed by atoms with Crippen LogP contribution in [-0.4, -0.2) is 43.0 Å². The van der Waals surface area contributed by atoms with Gasteiger partial charge in [-0.05, 0) is 0 Å². The second-order valence-corrected chi connectivity index (χ2v) is 6.02. The Balaban J connectivity index is 0.00000338. The Kier molecular flexibility index (Phi) is 8.70. The molecule has 0 aliphatic heterocycles. The van der Waals surface area contributed by atoms with Crippen molar-refractivity contribution in [3.8, 4) is 11.3 Å². The summed E-state index contributed by atoms with van der Waals surface area (Å²) in [6, 6.07) is 9.32. The molecule has 0 unspecified atom stereocenters. The second-order valence-electron chi connectivity index (χ2n) is 4.94. The molecule has 26 heavy (non-hydrogen) atoms. The van der Waals surface area contributed by atoms with E-state index in [0.29, 0.717) is 15.7 Å². The highest BCUT2D eigenvalue weighted by molar-refractivity contribution is 7.16. The van der Waals surface area contributed by atoms with Crippen molar-refractivity contribution in [2.75, 3.05) is 25.5 Å². The molecule has 0 saturated heterocycles. The summed E-state index contributed by atoms with van der Waals surface area (Å²) in [5.74, 6) is -1.25. The van der Waals surface area contributed by atoms with Gasteiger partial charge in [-0.15, -0.1) is 23.7 Å². The third-order valence-electron chi connectivity index (χ3n) is 3.15. The first kappa shape index (κ1) is 21.6. The van der Waals surface area contributed by atoms with Crippen LogP contribution < -0.4 is 16.4 Å². The molecule has 1 aromatic carbocycles. The van der Waals surface area contributed by atoms with Crippen LogP contribution in [0.1, 0.15) is 4.88 Å². The fourth-order valence-electron chi connectivity index (χ4n) is 1.96. The average Bonchev–Trinajstić information content (AvgIpc) is 3.02. The Morgan fingerprint density at radius 2 is 1.88 bits per heavy atom. The summed E-state index contributed by atoms with van der Waals surface area (Å²) < 4.78 is 4.71. The first-order valence-corrected chi connectivity index (χ1v) is 8.23. The Morgan fingerprint density at radius 3 is 2.50 bits per heavy atom. The molecule has 0 aliphatic rings. The largest absolute Gasteiger partial charge is 0.469 e. The molecular weight excluding hydrogens is 380 g/mol. The molecule has 0 saturated carbocycles. The van der Waals surface area contributed by atoms with E-state index in [2.05, 4.69) is 15.6 Å². The third-order valence-corrected chi connectivity index (χ3v) is 4.13. The van der Waals surface area contributed by atoms with Crippen molar-refractivity contribution in [1.29, 1.82) is 0 Å². The van der Waals surface area contributed by atoms with Gasteiger partial charge in [0.25, 0.3) is 0 Å². The number of benzene rings is 1. The summed E-state index contributed by atoms with van der Waals surface area (Å²) in [7, 11) is 1.31. The van der Waals surface area contributed by atoms with Crippen LogP contribution in [0.2, 0.25) is 0 Å². The van der Waals surface area contributed by atoms with Crippen LogP contribution in [0.4, 0.5) is 5.13 Å². The molecule has 2 aromatic rings. The summed E-state index contributed by atoms with van der Waals surface area (Å²) in [6.07, 6.45) is 0.0537. The van der Waals surface area contributed by atoms with Crippen LogP contribution >= 0.6 is 23.7 Å². The Labute approximate surface area is 160 Å². The van der Waals surface area contributed by atoms with Gasteiger partial charge in [0.2, 0.25) is 11.8 Å². The van der Waals surface area contributed by atoms with E-state index in [9.17, 15) is 14.4 Å². The molecule has 0 aliphatic carbocycles. The lowest BCUT2D eigenvalue weighted by molar-refractivity contribution is -0.139. The lowest BCUT2D eigenvalue weighted by Gasteiger charge is -2.03. The van der Waals surface area contributed by atoms with Crippen LogP contribution in [0.5, 0.6) is 0 Å². The van der Waals surface area contributed by atoms with E-state index < -0.39 is 17.8 Å². The second kappa shape index (κ2) is 10.5. The van der Waals surface area contributed by atoms with Crippen LogP contribution in [0.25, 0.3) is 11.3 Å². The molecule has 0 spiro atoms. The van der Waals surface area contributed by atoms with E-state index in [-0.39, 0.29) is 31.9 Å². The summed E-state index contributed by atoms with van der Waals surface area (Å²) in [5.41, 5.74) is 6.60. The number of amides is 2. The van der Waals surface area contributed by atoms with Gasteiger partial charge in [-0.2, -0.15) is 0 Å². The predicted octanol–water partition coefficient (Wildman–Crippen LogP) is 0.961. The van der Waals surface area contributed by atoms with Gasteiger partial charge < -0.3 is 21.1 Å². The molecule has 1 aromatic heterocycles. The number of hydrogen-bond acceptors (Lipinski definition) is 7. The fourth-order valence-corrected chi connectivity index (χ4v) is 2.95. The number of ether oxygens (including phenoxy) is 1. The third kappa shape index (κ3) is 6.10. The highest BCUT2D eigenvalue weighted by atomic mass is 35.5. The molecule has 0 radical (unpaired) electrons. The smallest absolute Gasteiger partial charge is 0.310 e. The molecule has 2 amide bonds. The standard InChI is InChI=1S/C16H18N4O4S.ClH/c1-24-14(23)7-11-15(10-5-3-2-4-6-10)20-16(25-11)19-13(22)9-18-12(21)8-17;/h2-6H,7-9,17H2,1H3,(H,18,21)(H,19,20,22);1H. The monoisotopic (exact) mass is 398 g/mol. The number of halogens is 1. The van der Waals surface area contributed by atoms with Gasteiger partial charge in [-0.3, -0.25) is 14.4 Å². The van der Waals surface area contributed by atoms with E-state index in [4.69, 9.17) is 10.5 Å². The number of anilines is 1. The maximum atomic E-state index is 11.9. The number of nitrogens with one attached hydrogen (secondary N) is 2. The van der Waals surface area contributed by atoms with Crippen molar-refractivity contribution in [3.05, 3.63) is 35.2 Å². The lowest BCUT2D eigenvalue weighted by Crippen LogP contribution is -2.36. The maximum Gasteiger partial charge on any atom is 0.310 e. The van der Waals surface area contributed by atoms with Gasteiger partial charge in [0, 0.05) is 10.4 Å². The van der Waals surface area contributed by atoms with E-state index in [1.807, 2.05) is 30.3 Å². The average molecular weight is 399 g/mol. The summed E-state index contributed by atoms with van der Waals surface area (Å²) in [4.78, 5) is 39.7. The normalized spacial score (nSPS) is 9.77. The minimum Gasteiger partial charge on any atom is -0.469 e. The van der Waals surface area contributed by atoms with Crippen LogP contribution in [0.3, 0.4) is 0 Å². The van der Waals surface area contributed by atoms with E-state index >= 15 is 0 Å². The van der Waals surface area contributed by atoms with Crippen molar-refractivity contribution in [2.45, 2.75) is 6.42 Å². The van der Waals surface area contributed by atoms with Crippen molar-refractivity contribution >= 4 is 46.7 Å². The molecule has 10 heteroatoms. The summed E-state index contributed by atoms with van der Waals surface area (Å²) in [6.45, 7) is -0.394. The minimum atomic E-state index is -0.431. The molecule has 0 fully saturated rings. The molecule has 2 rings (SSSR count). The maximum absolute atomic E-state index is 11.9. The van der Waals surface area contributed by atoms with Crippen LogP contribution in [0, 0.1) is 0 Å². The van der Waals surface area contributed by atoms with Gasteiger partial charge in [-0.25, -0.2) is 4.98 Å². The summed E-state index contributed by atoms with van der Waals surface area (Å²) in [5, 5.41) is 5.32. The topological polar surface area (TPSA) is 123 Å². The van der Waals surface area contributed by atoms with Crippen molar-refractivity contribution in [1.82, 2.24) is 10.3 Å². The van der Waals surface area contributed by atoms with Gasteiger partial charge in [0.1, 0.15) is 0 Å². The van der Waals surface area contributed by atoms with Crippen LogP contribution in [0.15, 0.2) is 30.3 Å². The van der Waals surface area contributed by atoms with Crippen molar-refractivity contribution in [2.24, 2.45) is 5.73 Å². The number of thiazole rings is 1. The number of carbonyl (C=O) groups excluding carboxylic acids is 3. The zero-order valence-electron chi connectivity index (χ0n) is 14.0. The molecular formula is C16H19ClN4O4S. The van der Waals surface area contributed by atoms with Crippen molar-refractivity contribution in [3.63, 3.8) is 0 Å². The number of hydrogen-bond donors (Lipinski definition) is 3. The molecule has 140 valence electrons. The molecule has 4 N–H and O–H groups in total. The lowest BCUT2D eigenvalue weighted by atomic mass is 10.1. The minimum absolute atomic E-state index is 0. The first-order valence-electron chi connectivity index (χ1n) is 7.42. The van der Waals surface area contributed by atoms with Gasteiger partial charge in [-0.1, -0.05) is 30.3 Å². The SMILES string of the molecule is COC(=O)Cc1sc(NC(=O)CNC(=O)CN)nc1-c1ccccc1.Cl. The number of nitrogens with zero attached hydrogens (tertiary/aromatic N) is 1. The number of esters is 1. The number of nitrogens with two attached hydrogens (primary N) is 1. The first-order chi connectivity index (χ1) is 12.0. The Bertz CT molecular complexity index is 767. The zero-order chi connectivity index (χ0) is 18.2. The van der Waals surface area contributed by atoms with Crippen LogP contribution in [-0.2, 0) is 25.5 Å². The summed E-state index contributed by atoms with van der Waals surface area (Å²) >= 11 is 1.19. The number of rotatable bonds is 7. The molecule has 0 bridgehead atoms. The van der Waals surface area contributed by atoms with E-state index in [0.717, 1.165) is 5.56 Å². The highest BCUT2D eigenvalue weighted by Crippen LogP contribution is 2.31. The van der Waals surface area contributed by atoms with Gasteiger partial charge in [0.15, 0.2) is 5.13 Å². The molecule has 1 heterocycles. The van der Waals surface area contributed by atoms with Crippen molar-refractivity contribution < 1.29 is 19.1 Å². The van der Waals surface area contributed by atoms with E-state index in [1.54, 1.807) is 0 Å². The molecule has 8 nitrogen and oxygen atoms in total. The number of aromatic nitrogens is 1. The number of carbonyl (C=O) groups is 3. The Hall–Kier alpha value is -2.49. The molecule has 0 atom stereocenters.